The highest BCUT2D eigenvalue weighted by Gasteiger charge is 2.07. The lowest BCUT2D eigenvalue weighted by atomic mass is 10.2. The first-order chi connectivity index (χ1) is 12.2. The minimum Gasteiger partial charge on any atom is -0.497 e. The molecule has 0 unspecified atom stereocenters. The topological polar surface area (TPSA) is 47.6 Å². The fraction of sp³-hybridized carbons (Fsp3) is 0.0952. The molecule has 0 aliphatic carbocycles. The molecule has 0 atom stereocenters. The van der Waals surface area contributed by atoms with Crippen LogP contribution in [0.3, 0.4) is 0 Å². The predicted molar refractivity (Wildman–Crippen MR) is 97.1 cm³/mol. The summed E-state index contributed by atoms with van der Waals surface area (Å²) in [6.07, 6.45) is 0. The van der Waals surface area contributed by atoms with E-state index < -0.39 is 0 Å². The first-order valence-electron chi connectivity index (χ1n) is 7.99. The number of benzene rings is 3. The van der Waals surface area contributed by atoms with Gasteiger partial charge in [0.05, 0.1) is 7.11 Å². The summed E-state index contributed by atoms with van der Waals surface area (Å²) in [7, 11) is 1.63. The average molecular weight is 333 g/mol. The lowest BCUT2D eigenvalue weighted by molar-refractivity contribution is 0.0950. The molecule has 4 heteroatoms. The van der Waals surface area contributed by atoms with E-state index in [2.05, 4.69) is 5.32 Å². The SMILES string of the molecule is COc1ccc(CNC(=O)c2cccc(Oc3ccccc3)c2)cc1. The number of para-hydroxylation sites is 1. The van der Waals surface area contributed by atoms with E-state index in [9.17, 15) is 4.79 Å². The number of ether oxygens (including phenoxy) is 2. The molecule has 126 valence electrons. The van der Waals surface area contributed by atoms with Crippen LogP contribution in [-0.2, 0) is 6.54 Å². The minimum atomic E-state index is -0.144. The molecule has 0 aliphatic heterocycles. The second-order valence-electron chi connectivity index (χ2n) is 5.47. The Kier molecular flexibility index (Phi) is 5.32. The van der Waals surface area contributed by atoms with E-state index in [1.807, 2.05) is 60.7 Å². The van der Waals surface area contributed by atoms with Crippen molar-refractivity contribution in [2.24, 2.45) is 0 Å². The van der Waals surface area contributed by atoms with Gasteiger partial charge in [-0.05, 0) is 48.0 Å². The quantitative estimate of drug-likeness (QED) is 0.726. The smallest absolute Gasteiger partial charge is 0.251 e. The Morgan fingerprint density at radius 2 is 1.56 bits per heavy atom. The Labute approximate surface area is 147 Å². The summed E-state index contributed by atoms with van der Waals surface area (Å²) in [6.45, 7) is 0.451. The van der Waals surface area contributed by atoms with Crippen LogP contribution in [0.15, 0.2) is 78.9 Å². The summed E-state index contributed by atoms with van der Waals surface area (Å²) < 4.78 is 10.9. The van der Waals surface area contributed by atoms with Gasteiger partial charge in [0.1, 0.15) is 17.2 Å². The van der Waals surface area contributed by atoms with Crippen LogP contribution in [0, 0.1) is 0 Å². The number of hydrogen-bond donors (Lipinski definition) is 1. The van der Waals surface area contributed by atoms with Gasteiger partial charge in [0, 0.05) is 12.1 Å². The molecule has 0 bridgehead atoms. The Bertz CT molecular complexity index is 829. The Hall–Kier alpha value is -3.27. The minimum absolute atomic E-state index is 0.144. The number of carbonyl (C=O) groups excluding carboxylic acids is 1. The molecule has 1 amide bonds. The summed E-state index contributed by atoms with van der Waals surface area (Å²) in [4.78, 5) is 12.4. The van der Waals surface area contributed by atoms with Gasteiger partial charge < -0.3 is 14.8 Å². The Morgan fingerprint density at radius 1 is 0.840 bits per heavy atom. The fourth-order valence-corrected chi connectivity index (χ4v) is 2.35. The van der Waals surface area contributed by atoms with Gasteiger partial charge in [0.25, 0.3) is 5.91 Å². The number of nitrogens with one attached hydrogen (secondary N) is 1. The molecule has 3 aromatic rings. The summed E-state index contributed by atoms with van der Waals surface area (Å²) in [6, 6.07) is 24.2. The van der Waals surface area contributed by atoms with Gasteiger partial charge in [-0.1, -0.05) is 36.4 Å². The van der Waals surface area contributed by atoms with E-state index in [-0.39, 0.29) is 5.91 Å². The summed E-state index contributed by atoms with van der Waals surface area (Å²) in [5, 5.41) is 2.91. The van der Waals surface area contributed by atoms with Crippen molar-refractivity contribution in [2.75, 3.05) is 7.11 Å². The Morgan fingerprint density at radius 3 is 2.28 bits per heavy atom. The first-order valence-corrected chi connectivity index (χ1v) is 7.99. The van der Waals surface area contributed by atoms with Crippen LogP contribution in [0.25, 0.3) is 0 Å². The summed E-state index contributed by atoms with van der Waals surface area (Å²) >= 11 is 0. The van der Waals surface area contributed by atoms with Gasteiger partial charge in [-0.15, -0.1) is 0 Å². The van der Waals surface area contributed by atoms with Crippen molar-refractivity contribution in [1.82, 2.24) is 5.32 Å². The number of rotatable bonds is 6. The van der Waals surface area contributed by atoms with Gasteiger partial charge in [-0.25, -0.2) is 0 Å². The maximum atomic E-state index is 12.4. The van der Waals surface area contributed by atoms with E-state index in [4.69, 9.17) is 9.47 Å². The third-order valence-corrected chi connectivity index (χ3v) is 3.69. The van der Waals surface area contributed by atoms with Gasteiger partial charge in [-0.2, -0.15) is 0 Å². The molecular formula is C21H19NO3. The van der Waals surface area contributed by atoms with Gasteiger partial charge >= 0.3 is 0 Å². The molecule has 0 fully saturated rings. The van der Waals surface area contributed by atoms with E-state index in [1.165, 1.54) is 0 Å². The first kappa shape index (κ1) is 16.6. The molecule has 1 N–H and O–H groups in total. The van der Waals surface area contributed by atoms with E-state index in [1.54, 1.807) is 25.3 Å². The Balaban J connectivity index is 1.62. The van der Waals surface area contributed by atoms with E-state index in [0.29, 0.717) is 17.9 Å². The standard InChI is InChI=1S/C21H19NO3/c1-24-18-12-10-16(11-13-18)15-22-21(23)17-6-5-9-20(14-17)25-19-7-3-2-4-8-19/h2-14H,15H2,1H3,(H,22,23). The van der Waals surface area contributed by atoms with Crippen molar-refractivity contribution in [3.05, 3.63) is 90.0 Å². The zero-order valence-corrected chi connectivity index (χ0v) is 13.9. The molecule has 0 saturated heterocycles. The molecule has 3 aromatic carbocycles. The molecule has 0 aliphatic rings. The van der Waals surface area contributed by atoms with E-state index >= 15 is 0 Å². The molecule has 0 heterocycles. The van der Waals surface area contributed by atoms with Crippen LogP contribution in [0.5, 0.6) is 17.2 Å². The summed E-state index contributed by atoms with van der Waals surface area (Å²) in [5.41, 5.74) is 1.56. The molecule has 0 radical (unpaired) electrons. The number of methoxy groups -OCH3 is 1. The third kappa shape index (κ3) is 4.61. The van der Waals surface area contributed by atoms with Crippen LogP contribution in [0.4, 0.5) is 0 Å². The van der Waals surface area contributed by atoms with Crippen molar-refractivity contribution >= 4 is 5.91 Å². The van der Waals surface area contributed by atoms with Crippen molar-refractivity contribution in [3.63, 3.8) is 0 Å². The maximum absolute atomic E-state index is 12.4. The van der Waals surface area contributed by atoms with Gasteiger partial charge in [0.15, 0.2) is 0 Å². The lowest BCUT2D eigenvalue weighted by Gasteiger charge is -2.09. The zero-order valence-electron chi connectivity index (χ0n) is 13.9. The summed E-state index contributed by atoms with van der Waals surface area (Å²) in [5.74, 6) is 2.01. The van der Waals surface area contributed by atoms with Crippen LogP contribution >= 0.6 is 0 Å². The highest BCUT2D eigenvalue weighted by Crippen LogP contribution is 2.21. The van der Waals surface area contributed by atoms with Crippen LogP contribution in [0.1, 0.15) is 15.9 Å². The lowest BCUT2D eigenvalue weighted by Crippen LogP contribution is -2.22. The van der Waals surface area contributed by atoms with Crippen LogP contribution in [-0.4, -0.2) is 13.0 Å². The third-order valence-electron chi connectivity index (χ3n) is 3.69. The van der Waals surface area contributed by atoms with Gasteiger partial charge in [-0.3, -0.25) is 4.79 Å². The highest BCUT2D eigenvalue weighted by atomic mass is 16.5. The molecule has 4 nitrogen and oxygen atoms in total. The van der Waals surface area contributed by atoms with Crippen molar-refractivity contribution in [2.45, 2.75) is 6.54 Å². The molecule has 0 saturated carbocycles. The highest BCUT2D eigenvalue weighted by molar-refractivity contribution is 5.94. The van der Waals surface area contributed by atoms with Crippen molar-refractivity contribution in [3.8, 4) is 17.2 Å². The van der Waals surface area contributed by atoms with Crippen molar-refractivity contribution < 1.29 is 14.3 Å². The number of carbonyl (C=O) groups is 1. The average Bonchev–Trinajstić information content (AvgIpc) is 2.67. The van der Waals surface area contributed by atoms with Crippen LogP contribution in [0.2, 0.25) is 0 Å². The second kappa shape index (κ2) is 8.02. The molecule has 0 spiro atoms. The molecule has 3 rings (SSSR count). The normalized spacial score (nSPS) is 10.1. The number of hydrogen-bond acceptors (Lipinski definition) is 3. The second-order valence-corrected chi connectivity index (χ2v) is 5.47. The monoisotopic (exact) mass is 333 g/mol. The van der Waals surface area contributed by atoms with Crippen molar-refractivity contribution in [1.29, 1.82) is 0 Å². The maximum Gasteiger partial charge on any atom is 0.251 e. The largest absolute Gasteiger partial charge is 0.497 e. The molecular weight excluding hydrogens is 314 g/mol. The van der Waals surface area contributed by atoms with Gasteiger partial charge in [0.2, 0.25) is 0 Å². The fourth-order valence-electron chi connectivity index (χ4n) is 2.35. The predicted octanol–water partition coefficient (Wildman–Crippen LogP) is 4.42. The molecule has 25 heavy (non-hydrogen) atoms. The number of amides is 1. The molecule has 0 aromatic heterocycles. The van der Waals surface area contributed by atoms with E-state index in [0.717, 1.165) is 17.1 Å². The van der Waals surface area contributed by atoms with Crippen LogP contribution < -0.4 is 14.8 Å². The zero-order chi connectivity index (χ0) is 17.5.